The molecule has 2 aromatic rings. The molecule has 0 aliphatic heterocycles. The fraction of sp³-hybridized carbons (Fsp3) is 0.438. The number of quaternary nitrogens is 1. The molecule has 0 saturated carbocycles. The number of nitrogens with zero attached hydrogens (tertiary/aromatic N) is 2. The summed E-state index contributed by atoms with van der Waals surface area (Å²) < 4.78 is 7.18. The second-order valence-electron chi connectivity index (χ2n) is 5.68. The van der Waals surface area contributed by atoms with Crippen molar-refractivity contribution in [3.8, 4) is 11.5 Å². The minimum absolute atomic E-state index is 0.0260. The second-order valence-corrected chi connectivity index (χ2v) is 6.03. The third kappa shape index (κ3) is 5.01. The van der Waals surface area contributed by atoms with Crippen molar-refractivity contribution in [2.75, 3.05) is 20.1 Å². The molecule has 2 N–H and O–H groups in total. The van der Waals surface area contributed by atoms with Gasteiger partial charge in [0.15, 0.2) is 13.2 Å². The maximum absolute atomic E-state index is 11.7. The summed E-state index contributed by atoms with van der Waals surface area (Å²) >= 11 is 5.22. The van der Waals surface area contributed by atoms with Gasteiger partial charge in [0.05, 0.1) is 7.05 Å². The number of likely N-dealkylation sites (N-methyl/N-ethyl adjacent to an activating group) is 1. The molecule has 7 heteroatoms. The lowest BCUT2D eigenvalue weighted by atomic mass is 10.1. The molecule has 23 heavy (non-hydrogen) atoms. The predicted molar refractivity (Wildman–Crippen MR) is 90.6 cm³/mol. The first-order valence-corrected chi connectivity index (χ1v) is 8.13. The van der Waals surface area contributed by atoms with Gasteiger partial charge in [0, 0.05) is 12.1 Å². The third-order valence-corrected chi connectivity index (χ3v) is 3.65. The molecule has 0 bridgehead atoms. The lowest BCUT2D eigenvalue weighted by Crippen LogP contribution is -3.09. The van der Waals surface area contributed by atoms with Gasteiger partial charge in [-0.25, -0.2) is 0 Å². The van der Waals surface area contributed by atoms with E-state index in [1.54, 1.807) is 4.68 Å². The number of hydrogen-bond acceptors (Lipinski definition) is 4. The second kappa shape index (κ2) is 8.03. The third-order valence-electron chi connectivity index (χ3n) is 3.36. The van der Waals surface area contributed by atoms with Crippen molar-refractivity contribution < 1.29 is 14.1 Å². The monoisotopic (exact) mass is 335 g/mol. The summed E-state index contributed by atoms with van der Waals surface area (Å²) in [6.45, 7) is 5.60. The van der Waals surface area contributed by atoms with Crippen LogP contribution in [0.15, 0.2) is 28.7 Å². The van der Waals surface area contributed by atoms with Crippen molar-refractivity contribution in [2.24, 2.45) is 0 Å². The average molecular weight is 335 g/mol. The molecular weight excluding hydrogens is 312 g/mol. The molecule has 1 aromatic heterocycles. The van der Waals surface area contributed by atoms with E-state index in [1.165, 1.54) is 5.56 Å². The summed E-state index contributed by atoms with van der Waals surface area (Å²) in [7, 11) is 1.92. The van der Waals surface area contributed by atoms with E-state index < -0.39 is 0 Å². The first kappa shape index (κ1) is 17.4. The van der Waals surface area contributed by atoms with Crippen LogP contribution in [0.3, 0.4) is 0 Å². The zero-order valence-electron chi connectivity index (χ0n) is 13.8. The molecule has 0 saturated heterocycles. The van der Waals surface area contributed by atoms with Gasteiger partial charge < -0.3 is 14.6 Å². The molecule has 2 rings (SSSR count). The van der Waals surface area contributed by atoms with Crippen LogP contribution in [0.1, 0.15) is 18.9 Å². The van der Waals surface area contributed by atoms with Gasteiger partial charge in [0.1, 0.15) is 0 Å². The maximum atomic E-state index is 11.7. The summed E-state index contributed by atoms with van der Waals surface area (Å²) in [4.78, 5) is 13.0. The van der Waals surface area contributed by atoms with Gasteiger partial charge in [-0.1, -0.05) is 24.6 Å². The van der Waals surface area contributed by atoms with Crippen molar-refractivity contribution in [3.05, 3.63) is 34.7 Å². The van der Waals surface area contributed by atoms with E-state index in [4.69, 9.17) is 16.6 Å². The molecule has 1 atom stereocenters. The Bertz CT molecular complexity index is 706. The number of hydrogen-bond donors (Lipinski definition) is 2. The molecule has 1 amide bonds. The number of benzene rings is 1. The Morgan fingerprint density at radius 2 is 2.09 bits per heavy atom. The van der Waals surface area contributed by atoms with Gasteiger partial charge in [-0.05, 0) is 37.7 Å². The number of aromatic nitrogens is 2. The van der Waals surface area contributed by atoms with Crippen molar-refractivity contribution in [2.45, 2.75) is 26.9 Å². The lowest BCUT2D eigenvalue weighted by Gasteiger charge is -2.12. The number of carbonyl (C=O) groups is 1. The smallest absolute Gasteiger partial charge is 0.292 e. The summed E-state index contributed by atoms with van der Waals surface area (Å²) in [5.41, 5.74) is 2.06. The fourth-order valence-corrected chi connectivity index (χ4v) is 2.32. The Balaban J connectivity index is 2.02. The number of amides is 1. The molecule has 0 aliphatic rings. The van der Waals surface area contributed by atoms with E-state index in [1.807, 2.05) is 45.2 Å². The molecule has 124 valence electrons. The quantitative estimate of drug-likeness (QED) is 0.746. The highest BCUT2D eigenvalue weighted by atomic mass is 32.1. The Morgan fingerprint density at radius 3 is 2.74 bits per heavy atom. The average Bonchev–Trinajstić information content (AvgIpc) is 2.86. The standard InChI is InChI=1S/C16H22N4O2S/c1-4-9-17-14(21)10-19(3)11-20-16(23)22-15(18-20)13-7-5-12(2)6-8-13/h5-8H,4,9-11H2,1-3H3,(H,17,21)/p+1. The van der Waals surface area contributed by atoms with Crippen LogP contribution in [0, 0.1) is 11.8 Å². The number of aryl methyl sites for hydroxylation is 1. The van der Waals surface area contributed by atoms with Crippen LogP contribution in [0.2, 0.25) is 0 Å². The SMILES string of the molecule is CCCNC(=O)C[NH+](C)Cn1nc(-c2ccc(C)cc2)oc1=S. The molecule has 1 unspecified atom stereocenters. The highest BCUT2D eigenvalue weighted by Crippen LogP contribution is 2.17. The summed E-state index contributed by atoms with van der Waals surface area (Å²) in [6, 6.07) is 7.91. The minimum atomic E-state index is 0.0260. The number of nitrogens with one attached hydrogen (secondary N) is 2. The summed E-state index contributed by atoms with van der Waals surface area (Å²) in [5.74, 6) is 0.524. The zero-order valence-corrected chi connectivity index (χ0v) is 14.6. The number of rotatable bonds is 7. The molecule has 0 radical (unpaired) electrons. The Kier molecular flexibility index (Phi) is 6.06. The van der Waals surface area contributed by atoms with Gasteiger partial charge in [0.2, 0.25) is 5.89 Å². The minimum Gasteiger partial charge on any atom is -0.409 e. The van der Waals surface area contributed by atoms with Crippen LogP contribution in [0.4, 0.5) is 0 Å². The van der Waals surface area contributed by atoms with Crippen molar-refractivity contribution in [1.29, 1.82) is 0 Å². The molecular formula is C16H23N4O2S+. The zero-order chi connectivity index (χ0) is 16.8. The summed E-state index contributed by atoms with van der Waals surface area (Å²) in [5, 5.41) is 7.27. The highest BCUT2D eigenvalue weighted by Gasteiger charge is 2.14. The van der Waals surface area contributed by atoms with Crippen LogP contribution in [-0.4, -0.2) is 35.8 Å². The molecule has 0 fully saturated rings. The van der Waals surface area contributed by atoms with E-state index in [0.717, 1.165) is 16.9 Å². The fourth-order valence-electron chi connectivity index (χ4n) is 2.13. The normalized spacial score (nSPS) is 12.1. The van der Waals surface area contributed by atoms with E-state index in [9.17, 15) is 4.79 Å². The molecule has 0 aliphatic carbocycles. The van der Waals surface area contributed by atoms with Crippen molar-refractivity contribution >= 4 is 18.1 Å². The first-order chi connectivity index (χ1) is 11.0. The Morgan fingerprint density at radius 1 is 1.39 bits per heavy atom. The van der Waals surface area contributed by atoms with Crippen LogP contribution in [-0.2, 0) is 11.5 Å². The maximum Gasteiger partial charge on any atom is 0.292 e. The van der Waals surface area contributed by atoms with Crippen LogP contribution in [0.5, 0.6) is 0 Å². The van der Waals surface area contributed by atoms with Crippen molar-refractivity contribution in [1.82, 2.24) is 15.1 Å². The Hall–Kier alpha value is -1.99. The van der Waals surface area contributed by atoms with Gasteiger partial charge >= 0.3 is 0 Å². The van der Waals surface area contributed by atoms with Crippen LogP contribution >= 0.6 is 12.2 Å². The summed E-state index contributed by atoms with van der Waals surface area (Å²) in [6.07, 6.45) is 0.930. The largest absolute Gasteiger partial charge is 0.409 e. The topological polar surface area (TPSA) is 64.5 Å². The van der Waals surface area contributed by atoms with Crippen LogP contribution in [0.25, 0.3) is 11.5 Å². The van der Waals surface area contributed by atoms with Gasteiger partial charge in [0.25, 0.3) is 10.7 Å². The van der Waals surface area contributed by atoms with Gasteiger partial charge in [-0.15, -0.1) is 5.10 Å². The molecule has 6 nitrogen and oxygen atoms in total. The van der Waals surface area contributed by atoms with E-state index in [0.29, 0.717) is 30.5 Å². The molecule has 1 aromatic carbocycles. The van der Waals surface area contributed by atoms with Gasteiger partial charge in [-0.3, -0.25) is 4.79 Å². The molecule has 0 spiro atoms. The predicted octanol–water partition coefficient (Wildman–Crippen LogP) is 1.18. The number of carbonyl (C=O) groups excluding carboxylic acids is 1. The van der Waals surface area contributed by atoms with Crippen molar-refractivity contribution in [3.63, 3.8) is 0 Å². The van der Waals surface area contributed by atoms with E-state index >= 15 is 0 Å². The molecule has 1 heterocycles. The van der Waals surface area contributed by atoms with E-state index in [2.05, 4.69) is 10.4 Å². The van der Waals surface area contributed by atoms with E-state index in [-0.39, 0.29) is 5.91 Å². The first-order valence-electron chi connectivity index (χ1n) is 7.72. The lowest BCUT2D eigenvalue weighted by molar-refractivity contribution is -0.895. The Labute approximate surface area is 141 Å². The van der Waals surface area contributed by atoms with Crippen LogP contribution < -0.4 is 10.2 Å². The van der Waals surface area contributed by atoms with Gasteiger partial charge in [-0.2, -0.15) is 4.68 Å². The highest BCUT2D eigenvalue weighted by molar-refractivity contribution is 7.71.